The molecular weight excluding hydrogens is 492 g/mol. The summed E-state index contributed by atoms with van der Waals surface area (Å²) in [5.74, 6) is 1.06. The fourth-order valence-corrected chi connectivity index (χ4v) is 5.05. The summed E-state index contributed by atoms with van der Waals surface area (Å²) in [5.41, 5.74) is 0.823. The molecule has 7 nitrogen and oxygen atoms in total. The molecule has 0 spiro atoms. The topological polar surface area (TPSA) is 71.5 Å². The Morgan fingerprint density at radius 2 is 1.89 bits per heavy atom. The van der Waals surface area contributed by atoms with Crippen LogP contribution in [-0.4, -0.2) is 60.3 Å². The van der Waals surface area contributed by atoms with E-state index in [9.17, 15) is 4.39 Å². The molecule has 0 aliphatic carbocycles. The number of likely N-dealkylation sites (N-methyl/N-ethyl adjacent to an activating group) is 1. The van der Waals surface area contributed by atoms with Crippen LogP contribution < -0.4 is 20.1 Å². The standard InChI is InChI=1S/C25H28Cl2FN5O2/c1-33(2)7-8-34-21-12-20-17(11-22(21)35-16-9-14-3-4-15(10-16)31-14)25(30-13-29-20)32-19-6-5-18(26)23(27)24(19)28/h5-6,11-16,31H,3-4,7-10H2,1-2H3,(H,29,30,32)/t14-,15+,16?. The predicted octanol–water partition coefficient (Wildman–Crippen LogP) is 5.42. The van der Waals surface area contributed by atoms with Crippen molar-refractivity contribution >= 4 is 45.6 Å². The molecule has 2 aliphatic rings. The van der Waals surface area contributed by atoms with E-state index in [1.165, 1.54) is 31.3 Å². The molecule has 10 heteroatoms. The average molecular weight is 520 g/mol. The molecule has 2 N–H and O–H groups in total. The minimum absolute atomic E-state index is 0.0935. The van der Waals surface area contributed by atoms with E-state index >= 15 is 0 Å². The van der Waals surface area contributed by atoms with E-state index in [1.807, 2.05) is 26.2 Å². The van der Waals surface area contributed by atoms with Crippen LogP contribution in [0.5, 0.6) is 11.5 Å². The second-order valence-electron chi connectivity index (χ2n) is 9.39. The van der Waals surface area contributed by atoms with Crippen molar-refractivity contribution in [2.24, 2.45) is 0 Å². The van der Waals surface area contributed by atoms with Crippen molar-refractivity contribution in [3.05, 3.63) is 46.5 Å². The van der Waals surface area contributed by atoms with Gasteiger partial charge < -0.3 is 25.0 Å². The SMILES string of the molecule is CN(C)CCOc1cc2ncnc(Nc3ccc(Cl)c(Cl)c3F)c2cc1OC1C[C@H]2CC[C@@H](C1)N2. The monoisotopic (exact) mass is 519 g/mol. The number of fused-ring (bicyclic) bond motifs is 3. The first kappa shape index (κ1) is 24.3. The Labute approximate surface area is 213 Å². The maximum absolute atomic E-state index is 14.7. The summed E-state index contributed by atoms with van der Waals surface area (Å²) in [6.45, 7) is 1.28. The van der Waals surface area contributed by atoms with Gasteiger partial charge in [-0.3, -0.25) is 0 Å². The third kappa shape index (κ3) is 5.40. The van der Waals surface area contributed by atoms with E-state index in [4.69, 9.17) is 32.7 Å². The van der Waals surface area contributed by atoms with Gasteiger partial charge in [0.05, 0.1) is 21.2 Å². The molecule has 1 unspecified atom stereocenters. The van der Waals surface area contributed by atoms with Crippen LogP contribution in [0, 0.1) is 5.82 Å². The lowest BCUT2D eigenvalue weighted by Gasteiger charge is -2.30. The van der Waals surface area contributed by atoms with E-state index in [0.717, 1.165) is 19.4 Å². The average Bonchev–Trinajstić information content (AvgIpc) is 3.17. The summed E-state index contributed by atoms with van der Waals surface area (Å²) in [5, 5.41) is 7.37. The molecular formula is C25H28Cl2FN5O2. The Morgan fingerprint density at radius 3 is 2.63 bits per heavy atom. The van der Waals surface area contributed by atoms with Crippen LogP contribution in [0.15, 0.2) is 30.6 Å². The van der Waals surface area contributed by atoms with Gasteiger partial charge in [-0.25, -0.2) is 14.4 Å². The summed E-state index contributed by atoms with van der Waals surface area (Å²) >= 11 is 11.9. The Balaban J connectivity index is 1.49. The normalized spacial score (nSPS) is 21.5. The first-order valence-electron chi connectivity index (χ1n) is 11.8. The highest BCUT2D eigenvalue weighted by atomic mass is 35.5. The van der Waals surface area contributed by atoms with Gasteiger partial charge in [-0.15, -0.1) is 0 Å². The van der Waals surface area contributed by atoms with Crippen LogP contribution in [0.1, 0.15) is 25.7 Å². The molecule has 3 atom stereocenters. The smallest absolute Gasteiger partial charge is 0.166 e. The minimum Gasteiger partial charge on any atom is -0.488 e. The van der Waals surface area contributed by atoms with Crippen molar-refractivity contribution in [3.8, 4) is 11.5 Å². The summed E-state index contributed by atoms with van der Waals surface area (Å²) in [4.78, 5) is 10.8. The molecule has 3 aromatic rings. The quantitative estimate of drug-likeness (QED) is 0.385. The van der Waals surface area contributed by atoms with Crippen molar-refractivity contribution in [1.82, 2.24) is 20.2 Å². The fourth-order valence-electron chi connectivity index (χ4n) is 4.74. The van der Waals surface area contributed by atoms with E-state index in [0.29, 0.717) is 46.9 Å². The highest BCUT2D eigenvalue weighted by Gasteiger charge is 2.35. The van der Waals surface area contributed by atoms with Crippen molar-refractivity contribution < 1.29 is 13.9 Å². The number of benzene rings is 2. The molecule has 2 aromatic carbocycles. The number of rotatable bonds is 8. The molecule has 2 fully saturated rings. The molecule has 0 radical (unpaired) electrons. The van der Waals surface area contributed by atoms with E-state index in [-0.39, 0.29) is 21.8 Å². The first-order valence-corrected chi connectivity index (χ1v) is 12.5. The zero-order valence-corrected chi connectivity index (χ0v) is 21.2. The molecule has 0 saturated carbocycles. The maximum atomic E-state index is 14.7. The zero-order chi connectivity index (χ0) is 24.5. The number of nitrogens with one attached hydrogen (secondary N) is 2. The van der Waals surface area contributed by atoms with Gasteiger partial charge in [0.15, 0.2) is 17.3 Å². The number of halogens is 3. The lowest BCUT2D eigenvalue weighted by atomic mass is 10.0. The summed E-state index contributed by atoms with van der Waals surface area (Å²) in [7, 11) is 4.00. The van der Waals surface area contributed by atoms with Crippen LogP contribution in [0.3, 0.4) is 0 Å². The van der Waals surface area contributed by atoms with Gasteiger partial charge in [0, 0.05) is 30.1 Å². The number of aromatic nitrogens is 2. The highest BCUT2D eigenvalue weighted by molar-refractivity contribution is 6.42. The van der Waals surface area contributed by atoms with Gasteiger partial charge >= 0.3 is 0 Å². The number of hydrogen-bond donors (Lipinski definition) is 2. The van der Waals surface area contributed by atoms with Crippen LogP contribution in [0.4, 0.5) is 15.9 Å². The van der Waals surface area contributed by atoms with Gasteiger partial charge in [-0.05, 0) is 58.0 Å². The van der Waals surface area contributed by atoms with E-state index in [1.54, 1.807) is 0 Å². The molecule has 2 aliphatic heterocycles. The van der Waals surface area contributed by atoms with Gasteiger partial charge in [-0.1, -0.05) is 23.2 Å². The summed E-state index contributed by atoms with van der Waals surface area (Å²) in [6.07, 6.45) is 5.80. The predicted molar refractivity (Wildman–Crippen MR) is 137 cm³/mol. The van der Waals surface area contributed by atoms with Crippen LogP contribution in [-0.2, 0) is 0 Å². The molecule has 1 aromatic heterocycles. The maximum Gasteiger partial charge on any atom is 0.166 e. The van der Waals surface area contributed by atoms with E-state index in [2.05, 4.69) is 25.5 Å². The van der Waals surface area contributed by atoms with Crippen molar-refractivity contribution in [3.63, 3.8) is 0 Å². The summed E-state index contributed by atoms with van der Waals surface area (Å²) in [6, 6.07) is 7.79. The van der Waals surface area contributed by atoms with Gasteiger partial charge in [-0.2, -0.15) is 0 Å². The molecule has 5 rings (SSSR count). The van der Waals surface area contributed by atoms with Crippen molar-refractivity contribution in [1.29, 1.82) is 0 Å². The number of piperidine rings is 1. The lowest BCUT2D eigenvalue weighted by molar-refractivity contribution is 0.130. The zero-order valence-electron chi connectivity index (χ0n) is 19.7. The minimum atomic E-state index is -0.642. The van der Waals surface area contributed by atoms with Crippen molar-refractivity contribution in [2.45, 2.75) is 43.9 Å². The van der Waals surface area contributed by atoms with Crippen LogP contribution in [0.2, 0.25) is 10.0 Å². The second-order valence-corrected chi connectivity index (χ2v) is 10.2. The largest absolute Gasteiger partial charge is 0.488 e. The third-order valence-electron chi connectivity index (χ3n) is 6.51. The highest BCUT2D eigenvalue weighted by Crippen LogP contribution is 2.39. The van der Waals surface area contributed by atoms with Crippen LogP contribution in [0.25, 0.3) is 10.9 Å². The molecule has 2 bridgehead atoms. The Bertz CT molecular complexity index is 1220. The molecule has 186 valence electrons. The van der Waals surface area contributed by atoms with Gasteiger partial charge in [0.1, 0.15) is 24.9 Å². The molecule has 0 amide bonds. The Hall–Kier alpha value is -2.39. The van der Waals surface area contributed by atoms with Crippen LogP contribution >= 0.6 is 23.2 Å². The van der Waals surface area contributed by atoms with Gasteiger partial charge in [0.25, 0.3) is 0 Å². The Kier molecular flexibility index (Phi) is 7.16. The van der Waals surface area contributed by atoms with E-state index < -0.39 is 5.82 Å². The fraction of sp³-hybridized carbons (Fsp3) is 0.440. The number of ether oxygens (including phenoxy) is 2. The molecule has 35 heavy (non-hydrogen) atoms. The van der Waals surface area contributed by atoms with Crippen molar-refractivity contribution in [2.75, 3.05) is 32.6 Å². The number of anilines is 2. The molecule has 2 saturated heterocycles. The third-order valence-corrected chi connectivity index (χ3v) is 7.29. The first-order chi connectivity index (χ1) is 16.9. The summed E-state index contributed by atoms with van der Waals surface area (Å²) < 4.78 is 27.3. The lowest BCUT2D eigenvalue weighted by Crippen LogP contribution is -2.42. The van der Waals surface area contributed by atoms with Gasteiger partial charge in [0.2, 0.25) is 0 Å². The molecule has 3 heterocycles. The number of hydrogen-bond acceptors (Lipinski definition) is 7. The number of nitrogens with zero attached hydrogens (tertiary/aromatic N) is 3. The Morgan fingerprint density at radius 1 is 1.11 bits per heavy atom. The second kappa shape index (κ2) is 10.3.